The third-order valence-corrected chi connectivity index (χ3v) is 5.88. The van der Waals surface area contributed by atoms with Gasteiger partial charge in [-0.3, -0.25) is 9.79 Å². The molecule has 3 N–H and O–H groups in total. The maximum atomic E-state index is 12.0. The Morgan fingerprint density at radius 3 is 2.52 bits per heavy atom. The Morgan fingerprint density at radius 2 is 2.00 bits per heavy atom. The number of sulfonamides is 1. The van der Waals surface area contributed by atoms with Gasteiger partial charge in [-0.2, -0.15) is 0 Å². The summed E-state index contributed by atoms with van der Waals surface area (Å²) in [5, 5.41) is 7.71. The van der Waals surface area contributed by atoms with Gasteiger partial charge in [0, 0.05) is 25.7 Å². The number of likely N-dealkylation sites (N-methyl/N-ethyl adjacent to an activating group) is 1. The van der Waals surface area contributed by atoms with Crippen molar-refractivity contribution in [1.29, 1.82) is 0 Å². The van der Waals surface area contributed by atoms with E-state index in [-0.39, 0.29) is 59.3 Å². The van der Waals surface area contributed by atoms with E-state index in [4.69, 9.17) is 0 Å². The molecule has 1 heterocycles. The summed E-state index contributed by atoms with van der Waals surface area (Å²) in [5.41, 5.74) is -0.298. The quantitative estimate of drug-likeness (QED) is 0.204. The number of aliphatic imine (C=N–C) groups is 1. The summed E-state index contributed by atoms with van der Waals surface area (Å²) in [6, 6.07) is 3.25. The maximum Gasteiger partial charge on any atom is 0.250 e. The van der Waals surface area contributed by atoms with Gasteiger partial charge in [-0.1, -0.05) is 6.07 Å². The zero-order valence-electron chi connectivity index (χ0n) is 16.4. The van der Waals surface area contributed by atoms with Gasteiger partial charge in [0.2, 0.25) is 15.9 Å². The Balaban J connectivity index is 0.00000676. The van der Waals surface area contributed by atoms with E-state index in [1.54, 1.807) is 29.5 Å². The van der Waals surface area contributed by atoms with Crippen LogP contribution >= 0.6 is 35.3 Å². The van der Waals surface area contributed by atoms with E-state index in [0.717, 1.165) is 0 Å². The molecule has 0 fully saturated rings. The predicted molar refractivity (Wildman–Crippen MR) is 121 cm³/mol. The number of amides is 1. The molecule has 1 rings (SSSR count). The van der Waals surface area contributed by atoms with Gasteiger partial charge in [0.1, 0.15) is 4.21 Å². The van der Waals surface area contributed by atoms with Gasteiger partial charge in [0.25, 0.3) is 0 Å². The highest BCUT2D eigenvalue weighted by molar-refractivity contribution is 14.0. The number of carbonyl (C=O) groups excluding carboxylic acids is 1. The number of hydrogen-bond donors (Lipinski definition) is 3. The first-order valence-corrected chi connectivity index (χ1v) is 10.7. The fraction of sp³-hybridized carbons (Fsp3) is 0.625. The Morgan fingerprint density at radius 1 is 1.33 bits per heavy atom. The minimum Gasteiger partial charge on any atom is -0.357 e. The summed E-state index contributed by atoms with van der Waals surface area (Å²) in [4.78, 5) is 18.1. The van der Waals surface area contributed by atoms with Crippen molar-refractivity contribution in [3.63, 3.8) is 0 Å². The van der Waals surface area contributed by atoms with Crippen LogP contribution in [0, 0.1) is 0 Å². The van der Waals surface area contributed by atoms with Crippen LogP contribution in [0.1, 0.15) is 27.7 Å². The van der Waals surface area contributed by atoms with E-state index in [0.29, 0.717) is 12.5 Å². The van der Waals surface area contributed by atoms with Gasteiger partial charge in [-0.25, -0.2) is 13.1 Å². The summed E-state index contributed by atoms with van der Waals surface area (Å²) >= 11 is 1.17. The molecule has 1 amide bonds. The average molecular weight is 531 g/mol. The molecule has 0 bridgehead atoms. The van der Waals surface area contributed by atoms with E-state index in [1.807, 2.05) is 27.7 Å². The first-order chi connectivity index (χ1) is 12.0. The van der Waals surface area contributed by atoms with Crippen LogP contribution in [0.25, 0.3) is 0 Å². The summed E-state index contributed by atoms with van der Waals surface area (Å²) in [7, 11) is -1.72. The van der Waals surface area contributed by atoms with Crippen molar-refractivity contribution < 1.29 is 13.2 Å². The molecular formula is C16H30IN5O3S2. The van der Waals surface area contributed by atoms with E-state index in [2.05, 4.69) is 20.3 Å². The monoisotopic (exact) mass is 531 g/mol. The Labute approximate surface area is 183 Å². The van der Waals surface area contributed by atoms with Crippen molar-refractivity contribution >= 4 is 57.2 Å². The van der Waals surface area contributed by atoms with Crippen LogP contribution in [-0.4, -0.2) is 64.0 Å². The highest BCUT2D eigenvalue weighted by Crippen LogP contribution is 2.14. The highest BCUT2D eigenvalue weighted by Gasteiger charge is 2.17. The molecule has 0 aliphatic carbocycles. The maximum absolute atomic E-state index is 12.0. The van der Waals surface area contributed by atoms with Gasteiger partial charge < -0.3 is 15.5 Å². The Kier molecular flexibility index (Phi) is 11.4. The third-order valence-electron chi connectivity index (χ3n) is 3.02. The SMILES string of the molecule is CCNC(=NCCNS(=O)(=O)c1cccs1)N(C)CC(=O)NC(C)(C)C.I. The molecule has 0 aliphatic heterocycles. The molecule has 0 unspecified atom stereocenters. The summed E-state index contributed by atoms with van der Waals surface area (Å²) < 4.78 is 26.9. The lowest BCUT2D eigenvalue weighted by atomic mass is 10.1. The first kappa shape index (κ1) is 26.1. The lowest BCUT2D eigenvalue weighted by Crippen LogP contribution is -2.48. The van der Waals surface area contributed by atoms with Crippen LogP contribution in [-0.2, 0) is 14.8 Å². The lowest BCUT2D eigenvalue weighted by molar-refractivity contribution is -0.122. The number of hydrogen-bond acceptors (Lipinski definition) is 5. The standard InChI is InChI=1S/C16H29N5O3S2.HI/c1-6-17-15(21(5)12-13(22)20-16(2,3)4)18-9-10-19-26(23,24)14-8-7-11-25-14;/h7-8,11,19H,6,9-10,12H2,1-5H3,(H,17,18)(H,20,22);1H. The minimum absolute atomic E-state index is 0. The zero-order chi connectivity index (χ0) is 19.8. The molecule has 1 aromatic rings. The summed E-state index contributed by atoms with van der Waals surface area (Å²) in [6.45, 7) is 8.93. The molecule has 8 nitrogen and oxygen atoms in total. The number of carbonyl (C=O) groups is 1. The second-order valence-electron chi connectivity index (χ2n) is 6.72. The van der Waals surface area contributed by atoms with Crippen molar-refractivity contribution in [3.8, 4) is 0 Å². The minimum atomic E-state index is -3.49. The summed E-state index contributed by atoms with van der Waals surface area (Å²) in [6.07, 6.45) is 0. The molecule has 1 aromatic heterocycles. The van der Waals surface area contributed by atoms with Crippen molar-refractivity contribution in [1.82, 2.24) is 20.3 Å². The van der Waals surface area contributed by atoms with E-state index < -0.39 is 10.0 Å². The number of nitrogens with zero attached hydrogens (tertiary/aromatic N) is 2. The van der Waals surface area contributed by atoms with Crippen molar-refractivity contribution in [2.45, 2.75) is 37.4 Å². The molecule has 0 atom stereocenters. The number of halogens is 1. The number of thiophene rings is 1. The highest BCUT2D eigenvalue weighted by atomic mass is 127. The second kappa shape index (κ2) is 11.8. The topological polar surface area (TPSA) is 103 Å². The van der Waals surface area contributed by atoms with Crippen LogP contribution < -0.4 is 15.4 Å². The second-order valence-corrected chi connectivity index (χ2v) is 9.66. The van der Waals surface area contributed by atoms with Crippen molar-refractivity contribution in [3.05, 3.63) is 17.5 Å². The lowest BCUT2D eigenvalue weighted by Gasteiger charge is -2.25. The third kappa shape index (κ3) is 10.3. The summed E-state index contributed by atoms with van der Waals surface area (Å²) in [5.74, 6) is 0.441. The molecule has 0 saturated heterocycles. The van der Waals surface area contributed by atoms with E-state index >= 15 is 0 Å². The predicted octanol–water partition coefficient (Wildman–Crippen LogP) is 1.46. The smallest absolute Gasteiger partial charge is 0.250 e. The molecule has 27 heavy (non-hydrogen) atoms. The van der Waals surface area contributed by atoms with Crippen LogP contribution in [0.5, 0.6) is 0 Å². The molecule has 0 radical (unpaired) electrons. The van der Waals surface area contributed by atoms with Gasteiger partial charge in [0.15, 0.2) is 5.96 Å². The van der Waals surface area contributed by atoms with Gasteiger partial charge in [-0.15, -0.1) is 35.3 Å². The van der Waals surface area contributed by atoms with Crippen LogP contribution in [0.4, 0.5) is 0 Å². The van der Waals surface area contributed by atoms with E-state index in [1.165, 1.54) is 11.3 Å². The van der Waals surface area contributed by atoms with Crippen LogP contribution in [0.2, 0.25) is 0 Å². The average Bonchev–Trinajstić information content (AvgIpc) is 3.03. The fourth-order valence-electron chi connectivity index (χ4n) is 2.05. The molecule has 0 aliphatic rings. The number of rotatable bonds is 8. The molecular weight excluding hydrogens is 501 g/mol. The van der Waals surface area contributed by atoms with Crippen molar-refractivity contribution in [2.24, 2.45) is 4.99 Å². The largest absolute Gasteiger partial charge is 0.357 e. The van der Waals surface area contributed by atoms with Crippen molar-refractivity contribution in [2.75, 3.05) is 33.2 Å². The number of nitrogens with one attached hydrogen (secondary N) is 3. The molecule has 0 aromatic carbocycles. The first-order valence-electron chi connectivity index (χ1n) is 8.39. The fourth-order valence-corrected chi connectivity index (χ4v) is 4.11. The molecule has 0 saturated carbocycles. The zero-order valence-corrected chi connectivity index (χ0v) is 20.4. The van der Waals surface area contributed by atoms with Crippen LogP contribution in [0.3, 0.4) is 0 Å². The normalized spacial score (nSPS) is 12.3. The molecule has 156 valence electrons. The molecule has 11 heteroatoms. The van der Waals surface area contributed by atoms with Gasteiger partial charge in [0.05, 0.1) is 13.1 Å². The Hall–Kier alpha value is -0.920. The van der Waals surface area contributed by atoms with E-state index in [9.17, 15) is 13.2 Å². The Bertz CT molecular complexity index is 700. The van der Waals surface area contributed by atoms with Crippen LogP contribution in [0.15, 0.2) is 26.7 Å². The molecule has 0 spiro atoms. The van der Waals surface area contributed by atoms with Gasteiger partial charge >= 0.3 is 0 Å². The number of guanidine groups is 1. The van der Waals surface area contributed by atoms with Gasteiger partial charge in [-0.05, 0) is 39.1 Å².